The highest BCUT2D eigenvalue weighted by molar-refractivity contribution is 8.01. The van der Waals surface area contributed by atoms with E-state index in [0.29, 0.717) is 24.4 Å². The minimum atomic E-state index is -0.730. The van der Waals surface area contributed by atoms with Gasteiger partial charge in [-0.05, 0) is 50.3 Å². The van der Waals surface area contributed by atoms with Gasteiger partial charge in [0.2, 0.25) is 0 Å². The van der Waals surface area contributed by atoms with Gasteiger partial charge in [0.05, 0.1) is 18.5 Å². The monoisotopic (exact) mass is 384 g/mol. The van der Waals surface area contributed by atoms with Crippen LogP contribution in [0.3, 0.4) is 0 Å². The predicted octanol–water partition coefficient (Wildman–Crippen LogP) is 4.88. The zero-order valence-corrected chi connectivity index (χ0v) is 18.0. The van der Waals surface area contributed by atoms with E-state index in [1.807, 2.05) is 43.0 Å². The molecule has 1 aromatic rings. The standard InChI is InChI=1S/C21H36O4S/c1-7-21(5,20(22)25-8-2)26-17(4)13-16(3)14-24-15-18-9-11-19(23-6)12-10-18/h9-12,16-17,20,22H,7-8,13-15H2,1-6H3. The molecule has 1 N–H and O–H groups in total. The molecule has 0 aliphatic rings. The lowest BCUT2D eigenvalue weighted by Crippen LogP contribution is -2.39. The van der Waals surface area contributed by atoms with Crippen LogP contribution in [0.5, 0.6) is 5.75 Å². The summed E-state index contributed by atoms with van der Waals surface area (Å²) in [5.74, 6) is 1.32. The van der Waals surface area contributed by atoms with E-state index in [9.17, 15) is 5.11 Å². The van der Waals surface area contributed by atoms with Gasteiger partial charge in [-0.25, -0.2) is 0 Å². The number of aliphatic hydroxyl groups excluding tert-OH is 1. The smallest absolute Gasteiger partial charge is 0.168 e. The number of ether oxygens (including phenoxy) is 3. The van der Waals surface area contributed by atoms with Gasteiger partial charge in [0.25, 0.3) is 0 Å². The Morgan fingerprint density at radius 3 is 2.35 bits per heavy atom. The first kappa shape index (κ1) is 23.3. The number of hydrogen-bond donors (Lipinski definition) is 1. The van der Waals surface area contributed by atoms with Gasteiger partial charge in [-0.3, -0.25) is 0 Å². The van der Waals surface area contributed by atoms with Crippen molar-refractivity contribution < 1.29 is 19.3 Å². The molecule has 0 saturated carbocycles. The van der Waals surface area contributed by atoms with E-state index in [1.54, 1.807) is 7.11 Å². The molecule has 4 atom stereocenters. The molecule has 0 saturated heterocycles. The van der Waals surface area contributed by atoms with Crippen LogP contribution in [-0.2, 0) is 16.1 Å². The molecule has 0 fully saturated rings. The van der Waals surface area contributed by atoms with Crippen LogP contribution in [-0.4, -0.2) is 41.7 Å². The van der Waals surface area contributed by atoms with Crippen molar-refractivity contribution in [3.63, 3.8) is 0 Å². The third-order valence-corrected chi connectivity index (χ3v) is 6.21. The van der Waals surface area contributed by atoms with E-state index in [0.717, 1.165) is 30.8 Å². The third kappa shape index (κ3) is 7.87. The van der Waals surface area contributed by atoms with Gasteiger partial charge in [-0.2, -0.15) is 0 Å². The van der Waals surface area contributed by atoms with Crippen LogP contribution in [0.25, 0.3) is 0 Å². The van der Waals surface area contributed by atoms with Gasteiger partial charge in [0, 0.05) is 18.5 Å². The number of benzene rings is 1. The normalized spacial score (nSPS) is 17.3. The molecule has 4 nitrogen and oxygen atoms in total. The summed E-state index contributed by atoms with van der Waals surface area (Å²) in [6.45, 7) is 12.4. The Labute approximate surface area is 163 Å². The largest absolute Gasteiger partial charge is 0.497 e. The average Bonchev–Trinajstić information content (AvgIpc) is 2.62. The topological polar surface area (TPSA) is 47.9 Å². The third-order valence-electron chi connectivity index (χ3n) is 4.58. The molecule has 0 aliphatic carbocycles. The molecule has 1 rings (SSSR count). The molecule has 1 aromatic carbocycles. The fourth-order valence-corrected chi connectivity index (χ4v) is 4.59. The molecule has 0 aromatic heterocycles. The summed E-state index contributed by atoms with van der Waals surface area (Å²) >= 11 is 1.81. The number of hydrogen-bond acceptors (Lipinski definition) is 5. The van der Waals surface area contributed by atoms with Crippen molar-refractivity contribution in [2.24, 2.45) is 5.92 Å². The Kier molecular flexibility index (Phi) is 10.6. The first-order chi connectivity index (χ1) is 12.3. The van der Waals surface area contributed by atoms with Gasteiger partial charge in [0.15, 0.2) is 6.29 Å². The molecule has 5 heteroatoms. The van der Waals surface area contributed by atoms with E-state index >= 15 is 0 Å². The molecule has 0 radical (unpaired) electrons. The van der Waals surface area contributed by atoms with Crippen LogP contribution in [0.15, 0.2) is 24.3 Å². The highest BCUT2D eigenvalue weighted by atomic mass is 32.2. The lowest BCUT2D eigenvalue weighted by Gasteiger charge is -2.35. The zero-order chi connectivity index (χ0) is 19.6. The molecule has 26 heavy (non-hydrogen) atoms. The van der Waals surface area contributed by atoms with E-state index in [1.165, 1.54) is 0 Å². The number of aliphatic hydroxyl groups is 1. The highest BCUT2D eigenvalue weighted by Crippen LogP contribution is 2.38. The lowest BCUT2D eigenvalue weighted by atomic mass is 10.1. The lowest BCUT2D eigenvalue weighted by molar-refractivity contribution is -0.115. The summed E-state index contributed by atoms with van der Waals surface area (Å²) < 4.78 is 16.2. The van der Waals surface area contributed by atoms with Crippen molar-refractivity contribution in [3.8, 4) is 5.75 Å². The fraction of sp³-hybridized carbons (Fsp3) is 0.714. The van der Waals surface area contributed by atoms with Crippen molar-refractivity contribution in [2.75, 3.05) is 20.3 Å². The van der Waals surface area contributed by atoms with E-state index in [2.05, 4.69) is 27.7 Å². The Hall–Kier alpha value is -0.750. The van der Waals surface area contributed by atoms with E-state index in [4.69, 9.17) is 14.2 Å². The van der Waals surface area contributed by atoms with Crippen LogP contribution in [0.1, 0.15) is 53.0 Å². The van der Waals surface area contributed by atoms with Crippen LogP contribution in [0.2, 0.25) is 0 Å². The minimum Gasteiger partial charge on any atom is -0.497 e. The first-order valence-electron chi connectivity index (χ1n) is 9.52. The first-order valence-corrected chi connectivity index (χ1v) is 10.4. The summed E-state index contributed by atoms with van der Waals surface area (Å²) in [5, 5.41) is 10.7. The zero-order valence-electron chi connectivity index (χ0n) is 17.2. The molecule has 0 heterocycles. The van der Waals surface area contributed by atoms with Gasteiger partial charge in [-0.1, -0.05) is 32.9 Å². The maximum absolute atomic E-state index is 10.3. The summed E-state index contributed by atoms with van der Waals surface area (Å²) in [4.78, 5) is 0. The second-order valence-electron chi connectivity index (χ2n) is 7.11. The van der Waals surface area contributed by atoms with E-state index in [-0.39, 0.29) is 4.75 Å². The van der Waals surface area contributed by atoms with Gasteiger partial charge < -0.3 is 19.3 Å². The summed E-state index contributed by atoms with van der Waals surface area (Å²) in [6.07, 6.45) is 1.18. The molecular weight excluding hydrogens is 348 g/mol. The second-order valence-corrected chi connectivity index (χ2v) is 9.08. The van der Waals surface area contributed by atoms with Crippen molar-refractivity contribution in [2.45, 2.75) is 70.4 Å². The SMILES string of the molecule is CCOC(O)C(C)(CC)SC(C)CC(C)COCc1ccc(OC)cc1. The molecule has 0 spiro atoms. The van der Waals surface area contributed by atoms with Gasteiger partial charge in [0.1, 0.15) is 5.75 Å². The summed E-state index contributed by atoms with van der Waals surface area (Å²) in [7, 11) is 1.67. The van der Waals surface area contributed by atoms with Crippen LogP contribution < -0.4 is 4.74 Å². The molecular formula is C21H36O4S. The maximum Gasteiger partial charge on any atom is 0.168 e. The summed E-state index contributed by atoms with van der Waals surface area (Å²) in [6, 6.07) is 7.97. The highest BCUT2D eigenvalue weighted by Gasteiger charge is 2.34. The Bertz CT molecular complexity index is 493. The van der Waals surface area contributed by atoms with Crippen LogP contribution in [0.4, 0.5) is 0 Å². The average molecular weight is 385 g/mol. The summed E-state index contributed by atoms with van der Waals surface area (Å²) in [5.41, 5.74) is 1.15. The molecule has 0 aliphatic heterocycles. The van der Waals surface area contributed by atoms with Crippen LogP contribution in [0, 0.1) is 5.92 Å². The number of thioether (sulfide) groups is 1. The van der Waals surface area contributed by atoms with Gasteiger partial charge >= 0.3 is 0 Å². The second kappa shape index (κ2) is 11.9. The number of rotatable bonds is 13. The number of methoxy groups -OCH3 is 1. The van der Waals surface area contributed by atoms with Gasteiger partial charge in [-0.15, -0.1) is 11.8 Å². The van der Waals surface area contributed by atoms with Crippen molar-refractivity contribution in [1.29, 1.82) is 0 Å². The Morgan fingerprint density at radius 1 is 1.15 bits per heavy atom. The molecule has 4 unspecified atom stereocenters. The molecule has 0 amide bonds. The minimum absolute atomic E-state index is 0.279. The Morgan fingerprint density at radius 2 is 1.81 bits per heavy atom. The maximum atomic E-state index is 10.3. The van der Waals surface area contributed by atoms with Crippen molar-refractivity contribution in [3.05, 3.63) is 29.8 Å². The molecule has 0 bridgehead atoms. The molecule has 150 valence electrons. The quantitative estimate of drug-likeness (QED) is 0.491. The van der Waals surface area contributed by atoms with E-state index < -0.39 is 6.29 Å². The van der Waals surface area contributed by atoms with Crippen molar-refractivity contribution >= 4 is 11.8 Å². The van der Waals surface area contributed by atoms with Crippen LogP contribution >= 0.6 is 11.8 Å². The van der Waals surface area contributed by atoms with Crippen molar-refractivity contribution in [1.82, 2.24) is 0 Å². The Balaban J connectivity index is 2.37. The fourth-order valence-electron chi connectivity index (χ4n) is 2.89. The predicted molar refractivity (Wildman–Crippen MR) is 110 cm³/mol.